The molecule has 0 heterocycles. The number of benzene rings is 1. The van der Waals surface area contributed by atoms with Gasteiger partial charge in [-0.3, -0.25) is 4.79 Å². The molecule has 1 unspecified atom stereocenters. The molecular formula is C12H15BrO2. The normalized spacial score (nSPS) is 12.5. The molecule has 0 fully saturated rings. The number of carbonyl (C=O) groups excluding carboxylic acids is 1. The summed E-state index contributed by atoms with van der Waals surface area (Å²) in [6.45, 7) is 3.79. The second-order valence-electron chi connectivity index (χ2n) is 3.44. The largest absolute Gasteiger partial charge is 0.392 e. The number of carbonyl (C=O) groups is 1. The Morgan fingerprint density at radius 2 is 2.20 bits per heavy atom. The van der Waals surface area contributed by atoms with Gasteiger partial charge in [0, 0.05) is 5.56 Å². The summed E-state index contributed by atoms with van der Waals surface area (Å²) in [6.07, 6.45) is 0.761. The quantitative estimate of drug-likeness (QED) is 0.675. The number of alkyl halides is 1. The Morgan fingerprint density at radius 1 is 1.53 bits per heavy atom. The lowest BCUT2D eigenvalue weighted by molar-refractivity contribution is 0.0995. The van der Waals surface area contributed by atoms with E-state index in [9.17, 15) is 9.90 Å². The first-order valence-electron chi connectivity index (χ1n) is 5.01. The van der Waals surface area contributed by atoms with Crippen molar-refractivity contribution >= 4 is 21.7 Å². The highest BCUT2D eigenvalue weighted by Crippen LogP contribution is 2.19. The highest BCUT2D eigenvalue weighted by Gasteiger charge is 2.16. The lowest BCUT2D eigenvalue weighted by Crippen LogP contribution is -2.13. The Kier molecular flexibility index (Phi) is 4.48. The summed E-state index contributed by atoms with van der Waals surface area (Å²) < 4.78 is 0. The first-order chi connectivity index (χ1) is 7.11. The molecule has 0 spiro atoms. The molecule has 1 atom stereocenters. The van der Waals surface area contributed by atoms with E-state index in [4.69, 9.17) is 0 Å². The van der Waals surface area contributed by atoms with Gasteiger partial charge < -0.3 is 5.11 Å². The predicted octanol–water partition coefficient (Wildman–Crippen LogP) is 2.71. The molecule has 0 radical (unpaired) electrons. The van der Waals surface area contributed by atoms with E-state index in [1.54, 1.807) is 0 Å². The molecule has 1 aromatic rings. The molecule has 0 saturated heterocycles. The standard InChI is InChI=1S/C12H15BrO2/c1-3-10-9(7-14)5-4-6-11(10)12(15)8(2)13/h4-6,8,14H,3,7H2,1-2H3. The minimum Gasteiger partial charge on any atom is -0.392 e. The van der Waals surface area contributed by atoms with Crippen molar-refractivity contribution in [3.8, 4) is 0 Å². The smallest absolute Gasteiger partial charge is 0.176 e. The Balaban J connectivity index is 3.23. The maximum absolute atomic E-state index is 11.9. The monoisotopic (exact) mass is 270 g/mol. The van der Waals surface area contributed by atoms with Gasteiger partial charge in [-0.15, -0.1) is 0 Å². The van der Waals surface area contributed by atoms with Crippen LogP contribution < -0.4 is 0 Å². The minimum atomic E-state index is -0.184. The van der Waals surface area contributed by atoms with Crippen LogP contribution in [0.1, 0.15) is 35.3 Å². The van der Waals surface area contributed by atoms with E-state index in [-0.39, 0.29) is 17.2 Å². The summed E-state index contributed by atoms with van der Waals surface area (Å²) in [6, 6.07) is 5.49. The van der Waals surface area contributed by atoms with E-state index >= 15 is 0 Å². The molecule has 0 aliphatic rings. The molecule has 0 aliphatic carbocycles. The van der Waals surface area contributed by atoms with Crippen LogP contribution in [-0.4, -0.2) is 15.7 Å². The summed E-state index contributed by atoms with van der Waals surface area (Å²) in [5.41, 5.74) is 2.52. The van der Waals surface area contributed by atoms with Gasteiger partial charge in [0.05, 0.1) is 11.4 Å². The molecule has 15 heavy (non-hydrogen) atoms. The van der Waals surface area contributed by atoms with E-state index in [1.807, 2.05) is 32.0 Å². The summed E-state index contributed by atoms with van der Waals surface area (Å²) in [5, 5.41) is 9.17. The lowest BCUT2D eigenvalue weighted by atomic mass is 9.95. The lowest BCUT2D eigenvalue weighted by Gasteiger charge is -2.12. The molecule has 1 aromatic carbocycles. The van der Waals surface area contributed by atoms with Gasteiger partial charge in [0.15, 0.2) is 5.78 Å². The number of ketones is 1. The van der Waals surface area contributed by atoms with E-state index < -0.39 is 0 Å². The molecule has 0 amide bonds. The van der Waals surface area contributed by atoms with Crippen LogP contribution in [0, 0.1) is 0 Å². The van der Waals surface area contributed by atoms with Crippen LogP contribution in [-0.2, 0) is 13.0 Å². The fourth-order valence-electron chi connectivity index (χ4n) is 1.65. The van der Waals surface area contributed by atoms with Gasteiger partial charge in [0.25, 0.3) is 0 Å². The third kappa shape index (κ3) is 2.67. The van der Waals surface area contributed by atoms with Crippen molar-refractivity contribution in [1.82, 2.24) is 0 Å². The van der Waals surface area contributed by atoms with Gasteiger partial charge in [-0.1, -0.05) is 41.1 Å². The topological polar surface area (TPSA) is 37.3 Å². The number of aliphatic hydroxyl groups excluding tert-OH is 1. The second-order valence-corrected chi connectivity index (χ2v) is 4.81. The van der Waals surface area contributed by atoms with Crippen LogP contribution in [0.4, 0.5) is 0 Å². The van der Waals surface area contributed by atoms with E-state index in [0.29, 0.717) is 5.56 Å². The zero-order valence-corrected chi connectivity index (χ0v) is 10.5. The third-order valence-corrected chi connectivity index (χ3v) is 2.84. The van der Waals surface area contributed by atoms with E-state index in [0.717, 1.165) is 17.5 Å². The molecule has 0 aromatic heterocycles. The van der Waals surface area contributed by atoms with Crippen molar-refractivity contribution in [2.75, 3.05) is 0 Å². The van der Waals surface area contributed by atoms with Gasteiger partial charge in [-0.25, -0.2) is 0 Å². The van der Waals surface area contributed by atoms with Crippen molar-refractivity contribution in [2.45, 2.75) is 31.7 Å². The minimum absolute atomic E-state index is 0.0129. The van der Waals surface area contributed by atoms with Gasteiger partial charge in [-0.05, 0) is 24.5 Å². The fraction of sp³-hybridized carbons (Fsp3) is 0.417. The first-order valence-corrected chi connectivity index (χ1v) is 5.93. The van der Waals surface area contributed by atoms with Crippen LogP contribution in [0.3, 0.4) is 0 Å². The van der Waals surface area contributed by atoms with Crippen LogP contribution in [0.5, 0.6) is 0 Å². The number of halogens is 1. The summed E-state index contributed by atoms with van der Waals surface area (Å²) >= 11 is 3.27. The van der Waals surface area contributed by atoms with Gasteiger partial charge >= 0.3 is 0 Å². The summed E-state index contributed by atoms with van der Waals surface area (Å²) in [4.78, 5) is 11.7. The van der Waals surface area contributed by atoms with Crippen LogP contribution in [0.25, 0.3) is 0 Å². The fourth-order valence-corrected chi connectivity index (χ4v) is 1.89. The van der Waals surface area contributed by atoms with Crippen molar-refractivity contribution < 1.29 is 9.90 Å². The SMILES string of the molecule is CCc1c(CO)cccc1C(=O)C(C)Br. The first kappa shape index (κ1) is 12.4. The van der Waals surface area contributed by atoms with E-state index in [1.165, 1.54) is 0 Å². The predicted molar refractivity (Wildman–Crippen MR) is 64.5 cm³/mol. The molecule has 1 rings (SSSR count). The Labute approximate surface area is 98.4 Å². The van der Waals surface area contributed by atoms with Crippen molar-refractivity contribution in [1.29, 1.82) is 0 Å². The Morgan fingerprint density at radius 3 is 2.67 bits per heavy atom. The van der Waals surface area contributed by atoms with Gasteiger partial charge in [-0.2, -0.15) is 0 Å². The second kappa shape index (κ2) is 5.42. The van der Waals surface area contributed by atoms with Crippen LogP contribution in [0.2, 0.25) is 0 Å². The average Bonchev–Trinajstić information content (AvgIpc) is 2.26. The molecule has 3 heteroatoms. The average molecular weight is 271 g/mol. The number of rotatable bonds is 4. The molecule has 0 saturated carbocycles. The number of hydrogen-bond acceptors (Lipinski definition) is 2. The zero-order valence-electron chi connectivity index (χ0n) is 8.96. The van der Waals surface area contributed by atoms with Crippen molar-refractivity contribution in [2.24, 2.45) is 0 Å². The molecular weight excluding hydrogens is 256 g/mol. The Bertz CT molecular complexity index is 359. The molecule has 2 nitrogen and oxygen atoms in total. The maximum Gasteiger partial charge on any atom is 0.176 e. The number of hydrogen-bond donors (Lipinski definition) is 1. The third-order valence-electron chi connectivity index (χ3n) is 2.42. The van der Waals surface area contributed by atoms with E-state index in [2.05, 4.69) is 15.9 Å². The van der Waals surface area contributed by atoms with Crippen molar-refractivity contribution in [3.05, 3.63) is 34.9 Å². The molecule has 1 N–H and O–H groups in total. The molecule has 0 aliphatic heterocycles. The van der Waals surface area contributed by atoms with Crippen LogP contribution in [0.15, 0.2) is 18.2 Å². The molecule has 82 valence electrons. The zero-order chi connectivity index (χ0) is 11.4. The molecule has 0 bridgehead atoms. The highest BCUT2D eigenvalue weighted by atomic mass is 79.9. The van der Waals surface area contributed by atoms with Gasteiger partial charge in [0.2, 0.25) is 0 Å². The summed E-state index contributed by atoms with van der Waals surface area (Å²) in [5.74, 6) is 0.0714. The van der Waals surface area contributed by atoms with Gasteiger partial charge in [0.1, 0.15) is 0 Å². The summed E-state index contributed by atoms with van der Waals surface area (Å²) in [7, 11) is 0. The maximum atomic E-state index is 11.9. The van der Waals surface area contributed by atoms with Crippen LogP contribution >= 0.6 is 15.9 Å². The Hall–Kier alpha value is -0.670. The number of aliphatic hydroxyl groups is 1. The highest BCUT2D eigenvalue weighted by molar-refractivity contribution is 9.10. The number of Topliss-reactive ketones (excluding diaryl/α,β-unsaturated/α-hetero) is 1. The van der Waals surface area contributed by atoms with Crippen molar-refractivity contribution in [3.63, 3.8) is 0 Å².